The van der Waals surface area contributed by atoms with Gasteiger partial charge in [0.15, 0.2) is 11.5 Å². The molecule has 0 aromatic heterocycles. The lowest BCUT2D eigenvalue weighted by Crippen LogP contribution is -2.27. The third kappa shape index (κ3) is 4.31. The number of hydrogen-bond acceptors (Lipinski definition) is 5. The van der Waals surface area contributed by atoms with Crippen molar-refractivity contribution in [1.82, 2.24) is 4.90 Å². The molecule has 0 saturated carbocycles. The molecule has 140 valence electrons. The predicted octanol–water partition coefficient (Wildman–Crippen LogP) is 5.36. The third-order valence-corrected chi connectivity index (χ3v) is 5.63. The molecule has 1 aliphatic rings. The van der Waals surface area contributed by atoms with Crippen LogP contribution in [0, 0.1) is 0 Å². The van der Waals surface area contributed by atoms with Crippen LogP contribution in [-0.2, 0) is 11.3 Å². The van der Waals surface area contributed by atoms with Crippen LogP contribution in [0.2, 0.25) is 5.02 Å². The highest BCUT2D eigenvalue weighted by atomic mass is 79.9. The molecule has 0 aliphatic carbocycles. The summed E-state index contributed by atoms with van der Waals surface area (Å²) in [6.07, 6.45) is 1.67. The Labute approximate surface area is 174 Å². The van der Waals surface area contributed by atoms with Crippen molar-refractivity contribution in [2.75, 3.05) is 14.2 Å². The summed E-state index contributed by atoms with van der Waals surface area (Å²) in [5, 5.41) is 0.299. The topological polar surface area (TPSA) is 55.8 Å². The molecule has 0 bridgehead atoms. The Morgan fingerprint density at radius 2 is 1.85 bits per heavy atom. The molecule has 0 radical (unpaired) electrons. The van der Waals surface area contributed by atoms with Crippen molar-refractivity contribution in [3.05, 3.63) is 61.9 Å². The SMILES string of the molecule is COc1cc(/C=C2\SC(=O)N(Cc3ccc(Cl)cc3)C2=O)cc(Br)c1OC. The zero-order chi connectivity index (χ0) is 19.6. The smallest absolute Gasteiger partial charge is 0.293 e. The summed E-state index contributed by atoms with van der Waals surface area (Å²) in [5.41, 5.74) is 1.55. The fraction of sp³-hybridized carbons (Fsp3) is 0.158. The first-order chi connectivity index (χ1) is 12.9. The number of thioether (sulfide) groups is 1. The van der Waals surface area contributed by atoms with E-state index in [-0.39, 0.29) is 17.7 Å². The van der Waals surface area contributed by atoms with E-state index in [0.717, 1.165) is 22.9 Å². The fourth-order valence-electron chi connectivity index (χ4n) is 2.58. The van der Waals surface area contributed by atoms with Crippen molar-refractivity contribution >= 4 is 56.5 Å². The van der Waals surface area contributed by atoms with Gasteiger partial charge in [-0.2, -0.15) is 0 Å². The first-order valence-electron chi connectivity index (χ1n) is 7.84. The zero-order valence-corrected chi connectivity index (χ0v) is 17.7. The first-order valence-corrected chi connectivity index (χ1v) is 9.83. The van der Waals surface area contributed by atoms with E-state index in [9.17, 15) is 9.59 Å². The Balaban J connectivity index is 1.86. The second-order valence-corrected chi connectivity index (χ2v) is 7.92. The minimum absolute atomic E-state index is 0.203. The molecular weight excluding hydrogens is 454 g/mol. The minimum atomic E-state index is -0.328. The van der Waals surface area contributed by atoms with Crippen molar-refractivity contribution in [3.8, 4) is 11.5 Å². The maximum atomic E-state index is 12.7. The van der Waals surface area contributed by atoms with Crippen molar-refractivity contribution in [2.24, 2.45) is 0 Å². The molecule has 3 rings (SSSR count). The highest BCUT2D eigenvalue weighted by Crippen LogP contribution is 2.39. The average molecular weight is 469 g/mol. The summed E-state index contributed by atoms with van der Waals surface area (Å²) in [6, 6.07) is 10.6. The Hall–Kier alpha value is -1.96. The monoisotopic (exact) mass is 467 g/mol. The number of benzene rings is 2. The van der Waals surface area contributed by atoms with Crippen LogP contribution in [0.25, 0.3) is 6.08 Å². The lowest BCUT2D eigenvalue weighted by molar-refractivity contribution is -0.123. The molecule has 8 heteroatoms. The summed E-state index contributed by atoms with van der Waals surface area (Å²) >= 11 is 10.2. The predicted molar refractivity (Wildman–Crippen MR) is 110 cm³/mol. The van der Waals surface area contributed by atoms with Gasteiger partial charge in [-0.3, -0.25) is 14.5 Å². The van der Waals surface area contributed by atoms with Gasteiger partial charge in [0, 0.05) is 5.02 Å². The number of nitrogens with zero attached hydrogens (tertiary/aromatic N) is 1. The van der Waals surface area contributed by atoms with E-state index < -0.39 is 0 Å². The zero-order valence-electron chi connectivity index (χ0n) is 14.5. The van der Waals surface area contributed by atoms with E-state index in [1.807, 2.05) is 0 Å². The Bertz CT molecular complexity index is 930. The van der Waals surface area contributed by atoms with Gasteiger partial charge in [0.05, 0.1) is 30.1 Å². The van der Waals surface area contributed by atoms with E-state index >= 15 is 0 Å². The van der Waals surface area contributed by atoms with E-state index in [4.69, 9.17) is 21.1 Å². The molecule has 0 N–H and O–H groups in total. The van der Waals surface area contributed by atoms with Crippen molar-refractivity contribution in [3.63, 3.8) is 0 Å². The van der Waals surface area contributed by atoms with Gasteiger partial charge in [0.1, 0.15) is 0 Å². The lowest BCUT2D eigenvalue weighted by Gasteiger charge is -2.12. The molecule has 1 saturated heterocycles. The molecule has 27 heavy (non-hydrogen) atoms. The normalized spacial score (nSPS) is 15.6. The standard InChI is InChI=1S/C19H15BrClNO4S/c1-25-15-8-12(7-14(20)17(15)26-2)9-16-18(23)22(19(24)27-16)10-11-3-5-13(21)6-4-11/h3-9H,10H2,1-2H3/b16-9-. The molecule has 5 nitrogen and oxygen atoms in total. The van der Waals surface area contributed by atoms with Crippen LogP contribution in [-0.4, -0.2) is 30.3 Å². The molecule has 1 aliphatic heterocycles. The Kier molecular flexibility index (Phi) is 6.14. The molecule has 0 atom stereocenters. The summed E-state index contributed by atoms with van der Waals surface area (Å²) in [6.45, 7) is 0.203. The number of amides is 2. The number of imide groups is 1. The van der Waals surface area contributed by atoms with Crippen LogP contribution in [0.1, 0.15) is 11.1 Å². The van der Waals surface area contributed by atoms with Crippen LogP contribution in [0.15, 0.2) is 45.8 Å². The van der Waals surface area contributed by atoms with Crippen LogP contribution >= 0.6 is 39.3 Å². The second kappa shape index (κ2) is 8.37. The molecular formula is C19H15BrClNO4S. The van der Waals surface area contributed by atoms with Gasteiger partial charge in [-0.15, -0.1) is 0 Å². The third-order valence-electron chi connectivity index (χ3n) is 3.88. The maximum Gasteiger partial charge on any atom is 0.293 e. The number of carbonyl (C=O) groups is 2. The molecule has 2 aromatic rings. The van der Waals surface area contributed by atoms with E-state index in [1.165, 1.54) is 12.0 Å². The van der Waals surface area contributed by atoms with Gasteiger partial charge in [-0.05, 0) is 69.2 Å². The van der Waals surface area contributed by atoms with Gasteiger partial charge >= 0.3 is 0 Å². The van der Waals surface area contributed by atoms with Gasteiger partial charge in [-0.1, -0.05) is 23.7 Å². The van der Waals surface area contributed by atoms with Crippen LogP contribution < -0.4 is 9.47 Å². The fourth-order valence-corrected chi connectivity index (χ4v) is 4.17. The molecule has 1 fully saturated rings. The summed E-state index contributed by atoms with van der Waals surface area (Å²) < 4.78 is 11.3. The summed E-state index contributed by atoms with van der Waals surface area (Å²) in [7, 11) is 3.08. The maximum absolute atomic E-state index is 12.7. The molecule has 0 spiro atoms. The second-order valence-electron chi connectivity index (χ2n) is 5.63. The molecule has 2 aromatic carbocycles. The van der Waals surface area contributed by atoms with Gasteiger partial charge in [-0.25, -0.2) is 0 Å². The molecule has 0 unspecified atom stereocenters. The first kappa shape index (κ1) is 19.8. The van der Waals surface area contributed by atoms with Crippen molar-refractivity contribution in [2.45, 2.75) is 6.54 Å². The van der Waals surface area contributed by atoms with Crippen molar-refractivity contribution < 1.29 is 19.1 Å². The number of rotatable bonds is 5. The van der Waals surface area contributed by atoms with Crippen LogP contribution in [0.5, 0.6) is 11.5 Å². The van der Waals surface area contributed by atoms with Crippen molar-refractivity contribution in [1.29, 1.82) is 0 Å². The highest BCUT2D eigenvalue weighted by Gasteiger charge is 2.35. The van der Waals surface area contributed by atoms with Crippen LogP contribution in [0.4, 0.5) is 4.79 Å². The quantitative estimate of drug-likeness (QED) is 0.553. The minimum Gasteiger partial charge on any atom is -0.493 e. The van der Waals surface area contributed by atoms with Crippen LogP contribution in [0.3, 0.4) is 0 Å². The number of ether oxygens (including phenoxy) is 2. The lowest BCUT2D eigenvalue weighted by atomic mass is 10.1. The van der Waals surface area contributed by atoms with Gasteiger partial charge < -0.3 is 9.47 Å². The summed E-state index contributed by atoms with van der Waals surface area (Å²) in [4.78, 5) is 26.5. The number of carbonyl (C=O) groups excluding carboxylic acids is 2. The molecule has 2 amide bonds. The van der Waals surface area contributed by atoms with E-state index in [2.05, 4.69) is 15.9 Å². The number of methoxy groups -OCH3 is 2. The number of hydrogen-bond donors (Lipinski definition) is 0. The van der Waals surface area contributed by atoms with Gasteiger partial charge in [0.25, 0.3) is 11.1 Å². The Morgan fingerprint density at radius 1 is 1.15 bits per heavy atom. The van der Waals surface area contributed by atoms with Gasteiger partial charge in [0.2, 0.25) is 0 Å². The Morgan fingerprint density at radius 3 is 2.48 bits per heavy atom. The van der Waals surface area contributed by atoms with E-state index in [1.54, 1.807) is 49.6 Å². The highest BCUT2D eigenvalue weighted by molar-refractivity contribution is 9.10. The molecule has 1 heterocycles. The average Bonchev–Trinajstić information content (AvgIpc) is 2.90. The summed E-state index contributed by atoms with van der Waals surface area (Å²) in [5.74, 6) is 0.759. The number of halogens is 2. The largest absolute Gasteiger partial charge is 0.493 e. The van der Waals surface area contributed by atoms with E-state index in [0.29, 0.717) is 25.9 Å².